The minimum Gasteiger partial charge on any atom is -0.443 e. The average molecular weight is 454 g/mol. The lowest BCUT2D eigenvalue weighted by Crippen LogP contribution is -2.46. The van der Waals surface area contributed by atoms with Gasteiger partial charge >= 0.3 is 6.09 Å². The molecule has 28 heavy (non-hydrogen) atoms. The number of hydrogen-bond acceptors (Lipinski definition) is 5. The molecule has 0 saturated carbocycles. The highest BCUT2D eigenvalue weighted by atomic mass is 79.9. The van der Waals surface area contributed by atoms with Crippen LogP contribution in [0.2, 0.25) is 0 Å². The van der Waals surface area contributed by atoms with Crippen molar-refractivity contribution in [3.05, 3.63) is 40.0 Å². The van der Waals surface area contributed by atoms with Gasteiger partial charge in [0.05, 0.1) is 5.56 Å². The van der Waals surface area contributed by atoms with Gasteiger partial charge in [-0.1, -0.05) is 0 Å². The smallest absolute Gasteiger partial charge is 0.417 e. The van der Waals surface area contributed by atoms with E-state index in [9.17, 15) is 19.1 Å². The van der Waals surface area contributed by atoms with E-state index in [0.717, 1.165) is 4.90 Å². The predicted octanol–water partition coefficient (Wildman–Crippen LogP) is 3.84. The molecular weight excluding hydrogens is 433 g/mol. The number of H-pyrrole nitrogens is 1. The van der Waals surface area contributed by atoms with Gasteiger partial charge in [-0.15, -0.1) is 0 Å². The number of nitrogens with zero attached hydrogens (tertiary/aromatic N) is 2. The molecule has 9 heteroatoms. The molecule has 2 N–H and O–H groups in total. The zero-order chi connectivity index (χ0) is 20.6. The molecule has 0 saturated heterocycles. The highest BCUT2D eigenvalue weighted by molar-refractivity contribution is 9.10. The Bertz CT molecular complexity index is 922. The van der Waals surface area contributed by atoms with E-state index in [-0.39, 0.29) is 34.8 Å². The number of carbonyl (C=O) groups is 2. The summed E-state index contributed by atoms with van der Waals surface area (Å²) >= 11 is 3.05. The van der Waals surface area contributed by atoms with Crippen LogP contribution in [0.3, 0.4) is 0 Å². The monoisotopic (exact) mass is 453 g/mol. The second-order valence-corrected chi connectivity index (χ2v) is 8.33. The summed E-state index contributed by atoms with van der Waals surface area (Å²) in [5.41, 5.74) is 0.725. The number of imide groups is 1. The molecule has 2 amide bonds. The molecule has 0 aliphatic carbocycles. The van der Waals surface area contributed by atoms with Gasteiger partial charge in [0.15, 0.2) is 5.82 Å². The first-order chi connectivity index (χ1) is 13.1. The minimum atomic E-state index is -0.750. The van der Waals surface area contributed by atoms with Gasteiger partial charge in [-0.3, -0.25) is 4.79 Å². The molecule has 2 aromatic heterocycles. The third kappa shape index (κ3) is 3.95. The Morgan fingerprint density at radius 2 is 2.18 bits per heavy atom. The number of ether oxygens (including phenoxy) is 1. The molecule has 3 heterocycles. The number of aromatic amines is 1. The number of nitrogens with one attached hydrogen (secondary N) is 1. The van der Waals surface area contributed by atoms with Gasteiger partial charge in [0.2, 0.25) is 0 Å². The largest absolute Gasteiger partial charge is 0.443 e. The number of amides is 2. The van der Waals surface area contributed by atoms with Crippen molar-refractivity contribution in [3.63, 3.8) is 0 Å². The van der Waals surface area contributed by atoms with Gasteiger partial charge in [-0.05, 0) is 55.3 Å². The predicted molar refractivity (Wildman–Crippen MR) is 103 cm³/mol. The highest BCUT2D eigenvalue weighted by Gasteiger charge is 2.38. The number of aliphatic hydroxyl groups excluding tert-OH is 1. The normalized spacial score (nSPS) is 16.9. The van der Waals surface area contributed by atoms with E-state index in [2.05, 4.69) is 25.9 Å². The van der Waals surface area contributed by atoms with Crippen LogP contribution < -0.4 is 0 Å². The van der Waals surface area contributed by atoms with Crippen molar-refractivity contribution in [1.29, 1.82) is 0 Å². The molecule has 0 aromatic carbocycles. The van der Waals surface area contributed by atoms with Crippen LogP contribution in [0.25, 0.3) is 11.3 Å². The average Bonchev–Trinajstić information content (AvgIpc) is 3.04. The van der Waals surface area contributed by atoms with Crippen molar-refractivity contribution < 1.29 is 23.8 Å². The standard InChI is InChI=1S/C19H21BrFN3O4/c1-19(2,3)28-18(27)24-9-10(5-7-25)15-12(17(24)26)8-13(23-15)11-4-6-22-16(20)14(11)21/h4,6,8,10,23,25H,5,7,9H2,1-3H3. The maximum absolute atomic E-state index is 14.4. The SMILES string of the molecule is CC(C)(C)OC(=O)N1CC(CCO)c2[nH]c(-c3ccnc(Br)c3F)cc2C1=O. The number of halogens is 2. The van der Waals surface area contributed by atoms with Crippen LogP contribution in [0, 0.1) is 5.82 Å². The molecule has 150 valence electrons. The number of fused-ring (bicyclic) bond motifs is 1. The Kier molecular flexibility index (Phi) is 5.58. The number of pyridine rings is 1. The number of aromatic nitrogens is 2. The summed E-state index contributed by atoms with van der Waals surface area (Å²) in [6.07, 6.45) is 1.04. The van der Waals surface area contributed by atoms with Crippen molar-refractivity contribution in [2.75, 3.05) is 13.2 Å². The third-order valence-electron chi connectivity index (χ3n) is 4.36. The second-order valence-electron chi connectivity index (χ2n) is 7.58. The number of hydrogen-bond donors (Lipinski definition) is 2. The summed E-state index contributed by atoms with van der Waals surface area (Å²) in [5.74, 6) is -1.39. The van der Waals surface area contributed by atoms with E-state index >= 15 is 0 Å². The number of rotatable bonds is 3. The highest BCUT2D eigenvalue weighted by Crippen LogP contribution is 2.35. The molecule has 0 fully saturated rings. The molecule has 3 rings (SSSR count). The molecular formula is C19H21BrFN3O4. The Morgan fingerprint density at radius 1 is 1.46 bits per heavy atom. The van der Waals surface area contributed by atoms with Gasteiger partial charge in [-0.2, -0.15) is 0 Å². The molecule has 1 atom stereocenters. The molecule has 0 radical (unpaired) electrons. The summed E-state index contributed by atoms with van der Waals surface area (Å²) in [6.45, 7) is 5.10. The summed E-state index contributed by atoms with van der Waals surface area (Å²) in [7, 11) is 0. The Balaban J connectivity index is 2.02. The van der Waals surface area contributed by atoms with Crippen molar-refractivity contribution in [2.24, 2.45) is 0 Å². The lowest BCUT2D eigenvalue weighted by Gasteiger charge is -2.32. The van der Waals surface area contributed by atoms with Gasteiger partial charge in [0, 0.05) is 42.2 Å². The Hall–Kier alpha value is -2.26. The van der Waals surface area contributed by atoms with E-state index < -0.39 is 23.4 Å². The fourth-order valence-electron chi connectivity index (χ4n) is 3.15. The van der Waals surface area contributed by atoms with Crippen LogP contribution in [-0.4, -0.2) is 50.7 Å². The topological polar surface area (TPSA) is 95.5 Å². The molecule has 1 unspecified atom stereocenters. The maximum Gasteiger partial charge on any atom is 0.417 e. The first-order valence-electron chi connectivity index (χ1n) is 8.81. The fourth-order valence-corrected chi connectivity index (χ4v) is 3.48. The van der Waals surface area contributed by atoms with Gasteiger partial charge in [0.1, 0.15) is 10.2 Å². The molecule has 0 bridgehead atoms. The summed E-state index contributed by atoms with van der Waals surface area (Å²) < 4.78 is 19.8. The lowest BCUT2D eigenvalue weighted by atomic mass is 9.93. The Labute approximate surface area is 170 Å². The van der Waals surface area contributed by atoms with Gasteiger partial charge < -0.3 is 14.8 Å². The van der Waals surface area contributed by atoms with E-state index in [1.165, 1.54) is 18.3 Å². The van der Waals surface area contributed by atoms with E-state index in [0.29, 0.717) is 17.8 Å². The first-order valence-corrected chi connectivity index (χ1v) is 9.60. The van der Waals surface area contributed by atoms with Crippen LogP contribution in [0.4, 0.5) is 9.18 Å². The van der Waals surface area contributed by atoms with Crippen LogP contribution in [0.15, 0.2) is 22.9 Å². The molecule has 7 nitrogen and oxygen atoms in total. The van der Waals surface area contributed by atoms with E-state index in [4.69, 9.17) is 4.74 Å². The zero-order valence-corrected chi connectivity index (χ0v) is 17.3. The zero-order valence-electron chi connectivity index (χ0n) is 15.8. The molecule has 1 aliphatic heterocycles. The van der Waals surface area contributed by atoms with Gasteiger partial charge in [0.25, 0.3) is 5.91 Å². The summed E-state index contributed by atoms with van der Waals surface area (Å²) in [6, 6.07) is 3.01. The lowest BCUT2D eigenvalue weighted by molar-refractivity contribution is 0.0212. The summed E-state index contributed by atoms with van der Waals surface area (Å²) in [4.78, 5) is 33.4. The number of carbonyl (C=O) groups excluding carboxylic acids is 2. The van der Waals surface area contributed by atoms with Crippen LogP contribution in [-0.2, 0) is 4.74 Å². The van der Waals surface area contributed by atoms with Crippen molar-refractivity contribution in [1.82, 2.24) is 14.9 Å². The van der Waals surface area contributed by atoms with Gasteiger partial charge in [-0.25, -0.2) is 19.1 Å². The summed E-state index contributed by atoms with van der Waals surface area (Å²) in [5, 5.41) is 9.42. The van der Waals surface area contributed by atoms with Crippen LogP contribution in [0.5, 0.6) is 0 Å². The molecule has 1 aliphatic rings. The first kappa shape index (κ1) is 20.5. The van der Waals surface area contributed by atoms with E-state index in [1.54, 1.807) is 20.8 Å². The quantitative estimate of drug-likeness (QED) is 0.688. The fraction of sp³-hybridized carbons (Fsp3) is 0.421. The third-order valence-corrected chi connectivity index (χ3v) is 4.92. The molecule has 0 spiro atoms. The van der Waals surface area contributed by atoms with Crippen molar-refractivity contribution in [3.8, 4) is 11.3 Å². The minimum absolute atomic E-state index is 0.0613. The maximum atomic E-state index is 14.4. The molecule has 2 aromatic rings. The van der Waals surface area contributed by atoms with Crippen molar-refractivity contribution in [2.45, 2.75) is 38.7 Å². The number of aliphatic hydroxyl groups is 1. The van der Waals surface area contributed by atoms with Crippen LogP contribution >= 0.6 is 15.9 Å². The van der Waals surface area contributed by atoms with Crippen molar-refractivity contribution >= 4 is 27.9 Å². The van der Waals surface area contributed by atoms with E-state index in [1.807, 2.05) is 0 Å². The Morgan fingerprint density at radius 3 is 2.82 bits per heavy atom. The second kappa shape index (κ2) is 7.63. The van der Waals surface area contributed by atoms with Crippen LogP contribution in [0.1, 0.15) is 49.2 Å².